The van der Waals surface area contributed by atoms with Gasteiger partial charge in [0.25, 0.3) is 5.69 Å². The molecule has 2 rings (SSSR count). The van der Waals surface area contributed by atoms with Crippen molar-refractivity contribution in [3.05, 3.63) is 48.7 Å². The number of ether oxygens (including phenoxy) is 1. The standard InChI is InChI=1S/C12H11NO4S/c1-17-11-8-5-9-13(18(14,15)16)12(11)10-6-3-2-4-7-10/h2-9H,1H3/p+1. The van der Waals surface area contributed by atoms with Crippen LogP contribution in [0.5, 0.6) is 5.75 Å². The Labute approximate surface area is 105 Å². The Hall–Kier alpha value is -1.92. The Bertz CT molecular complexity index is 653. The minimum Gasteiger partial charge on any atom is -0.490 e. The van der Waals surface area contributed by atoms with Crippen LogP contribution in [0.15, 0.2) is 48.7 Å². The van der Waals surface area contributed by atoms with Crippen LogP contribution >= 0.6 is 0 Å². The predicted octanol–water partition coefficient (Wildman–Crippen LogP) is 1.30. The molecule has 0 atom stereocenters. The lowest BCUT2D eigenvalue weighted by atomic mass is 10.1. The van der Waals surface area contributed by atoms with E-state index >= 15 is 0 Å². The van der Waals surface area contributed by atoms with E-state index in [9.17, 15) is 13.0 Å². The smallest absolute Gasteiger partial charge is 0.490 e. The fraction of sp³-hybridized carbons (Fsp3) is 0.0833. The number of aromatic nitrogens is 1. The number of nitrogens with zero attached hydrogens (tertiary/aromatic N) is 1. The largest absolute Gasteiger partial charge is 0.512 e. The molecule has 0 saturated carbocycles. The molecule has 0 fully saturated rings. The van der Waals surface area contributed by atoms with Crippen molar-refractivity contribution in [1.82, 2.24) is 0 Å². The first-order valence-corrected chi connectivity index (χ1v) is 6.56. The van der Waals surface area contributed by atoms with Crippen LogP contribution in [0.2, 0.25) is 0 Å². The molecule has 18 heavy (non-hydrogen) atoms. The van der Waals surface area contributed by atoms with E-state index in [2.05, 4.69) is 0 Å². The molecule has 0 amide bonds. The average molecular weight is 266 g/mol. The van der Waals surface area contributed by atoms with Crippen molar-refractivity contribution in [3.8, 4) is 17.0 Å². The minimum atomic E-state index is -4.38. The Balaban J connectivity index is 2.79. The van der Waals surface area contributed by atoms with Gasteiger partial charge < -0.3 is 4.74 Å². The molecule has 0 aliphatic rings. The summed E-state index contributed by atoms with van der Waals surface area (Å²) in [5.41, 5.74) is 0.913. The number of benzene rings is 1. The van der Waals surface area contributed by atoms with Crippen molar-refractivity contribution < 1.29 is 21.7 Å². The van der Waals surface area contributed by atoms with E-state index < -0.39 is 10.3 Å². The van der Waals surface area contributed by atoms with Crippen molar-refractivity contribution in [1.29, 1.82) is 0 Å². The van der Waals surface area contributed by atoms with Crippen LogP contribution in [-0.2, 0) is 10.3 Å². The molecule has 0 spiro atoms. The molecule has 0 saturated heterocycles. The lowest BCUT2D eigenvalue weighted by molar-refractivity contribution is -0.507. The molecule has 0 unspecified atom stereocenters. The van der Waals surface area contributed by atoms with E-state index in [1.807, 2.05) is 6.07 Å². The maximum absolute atomic E-state index is 11.4. The molecule has 0 radical (unpaired) electrons. The first kappa shape index (κ1) is 12.5. The Morgan fingerprint density at radius 3 is 2.33 bits per heavy atom. The molecule has 1 heterocycles. The normalized spacial score (nSPS) is 11.2. The molecule has 2 aromatic rings. The molecular formula is C12H12NO4S+. The fourth-order valence-corrected chi connectivity index (χ4v) is 2.34. The second-order valence-corrected chi connectivity index (χ2v) is 4.85. The van der Waals surface area contributed by atoms with Gasteiger partial charge in [-0.3, -0.25) is 0 Å². The van der Waals surface area contributed by atoms with Gasteiger partial charge in [-0.1, -0.05) is 22.2 Å². The van der Waals surface area contributed by atoms with Crippen LogP contribution < -0.4 is 8.71 Å². The van der Waals surface area contributed by atoms with Gasteiger partial charge in [0, 0.05) is 6.07 Å². The predicted molar refractivity (Wildman–Crippen MR) is 65.6 cm³/mol. The van der Waals surface area contributed by atoms with Gasteiger partial charge in [-0.05, 0) is 18.2 Å². The number of methoxy groups -OCH3 is 1. The summed E-state index contributed by atoms with van der Waals surface area (Å²) in [5, 5.41) is 0. The van der Waals surface area contributed by atoms with E-state index in [4.69, 9.17) is 4.74 Å². The first-order valence-electron chi connectivity index (χ1n) is 5.16. The van der Waals surface area contributed by atoms with Gasteiger partial charge in [0.1, 0.15) is 0 Å². The summed E-state index contributed by atoms with van der Waals surface area (Å²) >= 11 is 0. The highest BCUT2D eigenvalue weighted by Gasteiger charge is 2.28. The second kappa shape index (κ2) is 4.75. The molecular weight excluding hydrogens is 254 g/mol. The Morgan fingerprint density at radius 2 is 1.78 bits per heavy atom. The van der Waals surface area contributed by atoms with Gasteiger partial charge in [0.2, 0.25) is 0 Å². The van der Waals surface area contributed by atoms with Gasteiger partial charge in [-0.25, -0.2) is 4.55 Å². The SMILES string of the molecule is COc1ccc[n+](S(=O)(=O)O)c1-c1ccccc1. The molecule has 6 heteroatoms. The number of rotatable bonds is 3. The van der Waals surface area contributed by atoms with E-state index in [1.54, 1.807) is 30.3 Å². The number of hydrogen-bond acceptors (Lipinski definition) is 3. The Kier molecular flexibility index (Phi) is 3.31. The molecule has 1 aromatic carbocycles. The molecule has 1 N–H and O–H groups in total. The topological polar surface area (TPSA) is 67.5 Å². The summed E-state index contributed by atoms with van der Waals surface area (Å²) in [6, 6.07) is 11.9. The third-order valence-corrected chi connectivity index (χ3v) is 3.24. The van der Waals surface area contributed by atoms with Crippen molar-refractivity contribution in [3.63, 3.8) is 0 Å². The van der Waals surface area contributed by atoms with Crippen LogP contribution in [0.4, 0.5) is 0 Å². The quantitative estimate of drug-likeness (QED) is 0.671. The zero-order chi connectivity index (χ0) is 13.2. The Morgan fingerprint density at radius 1 is 1.11 bits per heavy atom. The van der Waals surface area contributed by atoms with Crippen molar-refractivity contribution in [2.45, 2.75) is 0 Å². The van der Waals surface area contributed by atoms with Crippen LogP contribution in [-0.4, -0.2) is 20.1 Å². The minimum absolute atomic E-state index is 0.281. The summed E-state index contributed by atoms with van der Waals surface area (Å²) in [6.07, 6.45) is 1.26. The number of hydrogen-bond donors (Lipinski definition) is 1. The van der Waals surface area contributed by atoms with E-state index in [0.717, 1.165) is 3.97 Å². The molecule has 94 valence electrons. The third-order valence-electron chi connectivity index (χ3n) is 2.44. The van der Waals surface area contributed by atoms with Crippen LogP contribution in [0.25, 0.3) is 11.3 Å². The summed E-state index contributed by atoms with van der Waals surface area (Å²) in [4.78, 5) is 0. The monoisotopic (exact) mass is 266 g/mol. The maximum atomic E-state index is 11.4. The lowest BCUT2D eigenvalue weighted by Crippen LogP contribution is -2.44. The van der Waals surface area contributed by atoms with E-state index in [0.29, 0.717) is 11.3 Å². The van der Waals surface area contributed by atoms with Crippen LogP contribution in [0.1, 0.15) is 0 Å². The fourth-order valence-electron chi connectivity index (χ4n) is 1.69. The highest BCUT2D eigenvalue weighted by atomic mass is 32.2. The molecule has 0 aliphatic carbocycles. The maximum Gasteiger partial charge on any atom is 0.512 e. The molecule has 5 nitrogen and oxygen atoms in total. The van der Waals surface area contributed by atoms with Crippen LogP contribution in [0, 0.1) is 0 Å². The van der Waals surface area contributed by atoms with Gasteiger partial charge in [-0.2, -0.15) is 0 Å². The summed E-state index contributed by atoms with van der Waals surface area (Å²) in [5.74, 6) is 0.362. The van der Waals surface area contributed by atoms with E-state index in [1.165, 1.54) is 19.4 Å². The first-order chi connectivity index (χ1) is 8.54. The van der Waals surface area contributed by atoms with Gasteiger partial charge in [0.15, 0.2) is 11.9 Å². The zero-order valence-corrected chi connectivity index (χ0v) is 10.5. The van der Waals surface area contributed by atoms with Crippen molar-refractivity contribution >= 4 is 10.3 Å². The van der Waals surface area contributed by atoms with Crippen molar-refractivity contribution in [2.24, 2.45) is 0 Å². The average Bonchev–Trinajstić information content (AvgIpc) is 2.38. The third kappa shape index (κ3) is 2.34. The highest BCUT2D eigenvalue weighted by Crippen LogP contribution is 2.25. The van der Waals surface area contributed by atoms with E-state index in [-0.39, 0.29) is 5.69 Å². The van der Waals surface area contributed by atoms with Gasteiger partial charge in [0.05, 0.1) is 12.7 Å². The zero-order valence-electron chi connectivity index (χ0n) is 9.65. The molecule has 1 aromatic heterocycles. The van der Waals surface area contributed by atoms with Crippen molar-refractivity contribution in [2.75, 3.05) is 7.11 Å². The van der Waals surface area contributed by atoms with Gasteiger partial charge in [-0.15, -0.1) is 8.42 Å². The summed E-state index contributed by atoms with van der Waals surface area (Å²) in [7, 11) is -2.94. The summed E-state index contributed by atoms with van der Waals surface area (Å²) < 4.78 is 37.9. The molecule has 0 aliphatic heterocycles. The lowest BCUT2D eigenvalue weighted by Gasteiger charge is -2.05. The van der Waals surface area contributed by atoms with Crippen LogP contribution in [0.3, 0.4) is 0 Å². The second-order valence-electron chi connectivity index (χ2n) is 3.56. The highest BCUT2D eigenvalue weighted by molar-refractivity contribution is 7.79. The van der Waals surface area contributed by atoms with Gasteiger partial charge >= 0.3 is 10.3 Å². The summed E-state index contributed by atoms with van der Waals surface area (Å²) in [6.45, 7) is 0. The number of pyridine rings is 1. The molecule has 0 bridgehead atoms.